The number of methoxy groups -OCH3 is 1. The molecule has 9 heteroatoms. The number of carbonyl (C=O) groups is 1. The number of amides is 1. The van der Waals surface area contributed by atoms with Crippen molar-refractivity contribution in [2.24, 2.45) is 0 Å². The minimum atomic E-state index is -4.06. The zero-order valence-corrected chi connectivity index (χ0v) is 20.0. The number of nitrogens with zero attached hydrogens (tertiary/aromatic N) is 1. The van der Waals surface area contributed by atoms with Crippen LogP contribution in [-0.4, -0.2) is 45.6 Å². The predicted molar refractivity (Wildman–Crippen MR) is 127 cm³/mol. The minimum Gasteiger partial charge on any atom is -0.497 e. The average molecular weight is 500 g/mol. The summed E-state index contributed by atoms with van der Waals surface area (Å²) in [6.45, 7) is 1.15. The molecule has 1 heterocycles. The van der Waals surface area contributed by atoms with E-state index in [0.717, 1.165) is 12.8 Å². The Hall–Kier alpha value is -3.43. The summed E-state index contributed by atoms with van der Waals surface area (Å²) in [5, 5.41) is 0. The number of halogens is 1. The monoisotopic (exact) mass is 499 g/mol. The van der Waals surface area contributed by atoms with Gasteiger partial charge in [-0.2, -0.15) is 8.42 Å². The molecule has 0 saturated carbocycles. The molecule has 1 aliphatic rings. The molecule has 3 aromatic carbocycles. The van der Waals surface area contributed by atoms with Crippen molar-refractivity contribution in [3.8, 4) is 11.5 Å². The first-order chi connectivity index (χ1) is 16.8. The number of ether oxygens (including phenoxy) is 2. The second-order valence-electron chi connectivity index (χ2n) is 8.19. The molecule has 1 fully saturated rings. The predicted octanol–water partition coefficient (Wildman–Crippen LogP) is 4.42. The van der Waals surface area contributed by atoms with Crippen LogP contribution in [0.2, 0.25) is 0 Å². The lowest BCUT2D eigenvalue weighted by molar-refractivity contribution is 0.0507. The molecular weight excluding hydrogens is 473 g/mol. The highest BCUT2D eigenvalue weighted by molar-refractivity contribution is 7.87. The third-order valence-electron chi connectivity index (χ3n) is 5.63. The Morgan fingerprint density at radius 1 is 1.06 bits per heavy atom. The molecule has 0 radical (unpaired) electrons. The summed E-state index contributed by atoms with van der Waals surface area (Å²) in [7, 11) is -2.57. The van der Waals surface area contributed by atoms with Gasteiger partial charge in [-0.15, -0.1) is 0 Å². The summed E-state index contributed by atoms with van der Waals surface area (Å²) >= 11 is 0. The topological polar surface area (TPSA) is 82.1 Å². The maximum absolute atomic E-state index is 13.7. The normalized spacial score (nSPS) is 15.5. The second kappa shape index (κ2) is 10.9. The van der Waals surface area contributed by atoms with E-state index in [1.165, 1.54) is 55.6 Å². The van der Waals surface area contributed by atoms with E-state index in [1.807, 2.05) is 0 Å². The van der Waals surface area contributed by atoms with Crippen molar-refractivity contribution in [1.82, 2.24) is 4.90 Å². The summed E-state index contributed by atoms with van der Waals surface area (Å²) in [5.74, 6) is -0.182. The lowest BCUT2D eigenvalue weighted by atomic mass is 10.1. The van der Waals surface area contributed by atoms with Gasteiger partial charge in [0.15, 0.2) is 0 Å². The number of rotatable bonds is 9. The molecule has 4 rings (SSSR count). The SMILES string of the molecule is COc1ccc(S(=O)(=O)Oc2cccc(CN(CC3CCCO3)C(=O)c3cccc(F)c3)c2)cc1. The van der Waals surface area contributed by atoms with Crippen LogP contribution >= 0.6 is 0 Å². The molecule has 7 nitrogen and oxygen atoms in total. The summed E-state index contributed by atoms with van der Waals surface area (Å²) in [4.78, 5) is 14.8. The first-order valence-electron chi connectivity index (χ1n) is 11.2. The van der Waals surface area contributed by atoms with Gasteiger partial charge in [-0.1, -0.05) is 18.2 Å². The van der Waals surface area contributed by atoms with Gasteiger partial charge in [0.1, 0.15) is 22.2 Å². The van der Waals surface area contributed by atoms with E-state index < -0.39 is 15.9 Å². The van der Waals surface area contributed by atoms with E-state index >= 15 is 0 Å². The van der Waals surface area contributed by atoms with Crippen LogP contribution < -0.4 is 8.92 Å². The summed E-state index contributed by atoms with van der Waals surface area (Å²) in [5.41, 5.74) is 0.896. The lowest BCUT2D eigenvalue weighted by Gasteiger charge is -2.26. The van der Waals surface area contributed by atoms with Gasteiger partial charge >= 0.3 is 10.1 Å². The summed E-state index contributed by atoms with van der Waals surface area (Å²) in [6.07, 6.45) is 1.64. The molecule has 1 aliphatic heterocycles. The van der Waals surface area contributed by atoms with E-state index in [0.29, 0.717) is 24.5 Å². The Balaban J connectivity index is 1.53. The molecule has 1 unspecified atom stereocenters. The fourth-order valence-corrected chi connectivity index (χ4v) is 4.81. The minimum absolute atomic E-state index is 0.00927. The smallest absolute Gasteiger partial charge is 0.339 e. The summed E-state index contributed by atoms with van der Waals surface area (Å²) in [6, 6.07) is 17.9. The third kappa shape index (κ3) is 6.37. The molecule has 0 N–H and O–H groups in total. The molecule has 1 atom stereocenters. The zero-order valence-electron chi connectivity index (χ0n) is 19.2. The van der Waals surface area contributed by atoms with Crippen molar-refractivity contribution in [3.05, 3.63) is 89.7 Å². The highest BCUT2D eigenvalue weighted by atomic mass is 32.2. The van der Waals surface area contributed by atoms with Crippen LogP contribution in [0.4, 0.5) is 4.39 Å². The Bertz CT molecular complexity index is 1270. The first kappa shape index (κ1) is 24.7. The molecule has 0 spiro atoms. The fraction of sp³-hybridized carbons (Fsp3) is 0.269. The largest absolute Gasteiger partial charge is 0.497 e. The highest BCUT2D eigenvalue weighted by Crippen LogP contribution is 2.24. The van der Waals surface area contributed by atoms with Crippen LogP contribution in [-0.2, 0) is 21.4 Å². The van der Waals surface area contributed by atoms with Crippen molar-refractivity contribution < 1.29 is 31.3 Å². The fourth-order valence-electron chi connectivity index (χ4n) is 3.89. The quantitative estimate of drug-likeness (QED) is 0.406. The number of carbonyl (C=O) groups excluding carboxylic acids is 1. The van der Waals surface area contributed by atoms with Crippen molar-refractivity contribution >= 4 is 16.0 Å². The Morgan fingerprint density at radius 3 is 2.51 bits per heavy atom. The molecule has 0 bridgehead atoms. The van der Waals surface area contributed by atoms with Gasteiger partial charge in [-0.3, -0.25) is 4.79 Å². The van der Waals surface area contributed by atoms with Gasteiger partial charge in [0.05, 0.1) is 13.2 Å². The van der Waals surface area contributed by atoms with Crippen molar-refractivity contribution in [3.63, 3.8) is 0 Å². The van der Waals surface area contributed by atoms with Crippen LogP contribution in [0.15, 0.2) is 77.7 Å². The van der Waals surface area contributed by atoms with Gasteiger partial charge in [0.25, 0.3) is 5.91 Å². The lowest BCUT2D eigenvalue weighted by Crippen LogP contribution is -2.37. The molecule has 1 saturated heterocycles. The molecule has 35 heavy (non-hydrogen) atoms. The standard InChI is InChI=1S/C26H26FNO6S/c1-32-22-10-12-25(13-11-22)35(30,31)34-23-8-2-5-19(15-23)17-28(18-24-9-4-14-33-24)26(29)20-6-3-7-21(27)16-20/h2-3,5-8,10-13,15-16,24H,4,9,14,17-18H2,1H3. The van der Waals surface area contributed by atoms with Gasteiger partial charge in [0, 0.05) is 25.3 Å². The highest BCUT2D eigenvalue weighted by Gasteiger charge is 2.24. The maximum atomic E-state index is 13.7. The van der Waals surface area contributed by atoms with Gasteiger partial charge in [0.2, 0.25) is 0 Å². The van der Waals surface area contributed by atoms with E-state index in [2.05, 4.69) is 0 Å². The van der Waals surface area contributed by atoms with Crippen LogP contribution in [0.5, 0.6) is 11.5 Å². The Labute approximate surface area is 204 Å². The van der Waals surface area contributed by atoms with E-state index in [1.54, 1.807) is 29.2 Å². The third-order valence-corrected chi connectivity index (χ3v) is 6.89. The van der Waals surface area contributed by atoms with E-state index in [9.17, 15) is 17.6 Å². The van der Waals surface area contributed by atoms with Crippen molar-refractivity contribution in [1.29, 1.82) is 0 Å². The van der Waals surface area contributed by atoms with Crippen LogP contribution in [0, 0.1) is 5.82 Å². The van der Waals surface area contributed by atoms with Crippen molar-refractivity contribution in [2.45, 2.75) is 30.4 Å². The van der Waals surface area contributed by atoms with Crippen LogP contribution in [0.3, 0.4) is 0 Å². The maximum Gasteiger partial charge on any atom is 0.339 e. The summed E-state index contributed by atoms with van der Waals surface area (Å²) < 4.78 is 55.3. The average Bonchev–Trinajstić information content (AvgIpc) is 3.36. The molecular formula is C26H26FNO6S. The second-order valence-corrected chi connectivity index (χ2v) is 9.74. The molecule has 0 aliphatic carbocycles. The molecule has 1 amide bonds. The van der Waals surface area contributed by atoms with Gasteiger partial charge in [-0.05, 0) is 73.0 Å². The van der Waals surface area contributed by atoms with Crippen molar-refractivity contribution in [2.75, 3.05) is 20.3 Å². The molecule has 0 aromatic heterocycles. The molecule has 3 aromatic rings. The van der Waals surface area contributed by atoms with Crippen LogP contribution in [0.1, 0.15) is 28.8 Å². The first-order valence-corrected chi connectivity index (χ1v) is 12.6. The zero-order chi connectivity index (χ0) is 24.8. The van der Waals surface area contributed by atoms with E-state index in [-0.39, 0.29) is 34.8 Å². The Kier molecular flexibility index (Phi) is 7.67. The number of hydrogen-bond acceptors (Lipinski definition) is 6. The van der Waals surface area contributed by atoms with E-state index in [4.69, 9.17) is 13.7 Å². The number of hydrogen-bond donors (Lipinski definition) is 0. The Morgan fingerprint density at radius 2 is 1.83 bits per heavy atom. The van der Waals surface area contributed by atoms with Gasteiger partial charge in [-0.25, -0.2) is 4.39 Å². The number of benzene rings is 3. The molecule has 184 valence electrons. The van der Waals surface area contributed by atoms with Gasteiger partial charge < -0.3 is 18.6 Å². The van der Waals surface area contributed by atoms with Crippen LogP contribution in [0.25, 0.3) is 0 Å².